The van der Waals surface area contributed by atoms with Gasteiger partial charge in [0, 0.05) is 42.3 Å². The minimum absolute atomic E-state index is 0. The third-order valence-corrected chi connectivity index (χ3v) is 7.27. The standard InChI is InChI=1S/C29H27N7O5S.CH4/c1-41-23-14-21(13-22(37)16-23)33-28-29(35-26-11-3-2-10-25(26)34-28)36-42(39,40)24-9-6-8-19(15-24)32-27(38)18-30-17-20-7-4-5-12-31-20;/h2-16,30,37H,17-18H2,1H3,(H,32,38)(H,33,34)(H,35,36);1H4. The van der Waals surface area contributed by atoms with Gasteiger partial charge in [0.05, 0.1) is 35.3 Å². The van der Waals surface area contributed by atoms with Gasteiger partial charge in [-0.15, -0.1) is 0 Å². The van der Waals surface area contributed by atoms with Crippen LogP contribution in [0.1, 0.15) is 13.1 Å². The van der Waals surface area contributed by atoms with E-state index in [1.54, 1.807) is 42.6 Å². The number of aromatic nitrogens is 3. The normalized spacial score (nSPS) is 10.9. The molecule has 0 radical (unpaired) electrons. The van der Waals surface area contributed by atoms with Crippen molar-refractivity contribution in [3.8, 4) is 11.5 Å². The summed E-state index contributed by atoms with van der Waals surface area (Å²) in [5.74, 6) is 0.0251. The first-order chi connectivity index (χ1) is 20.3. The molecule has 5 rings (SSSR count). The third kappa shape index (κ3) is 7.93. The van der Waals surface area contributed by atoms with Crippen LogP contribution in [0, 0.1) is 0 Å². The number of aromatic hydroxyl groups is 1. The largest absolute Gasteiger partial charge is 0.508 e. The molecule has 2 aromatic heterocycles. The van der Waals surface area contributed by atoms with Gasteiger partial charge >= 0.3 is 0 Å². The van der Waals surface area contributed by atoms with Gasteiger partial charge < -0.3 is 25.8 Å². The molecule has 3 aromatic carbocycles. The van der Waals surface area contributed by atoms with Crippen LogP contribution < -0.4 is 25.4 Å². The highest BCUT2D eigenvalue weighted by Gasteiger charge is 2.20. The van der Waals surface area contributed by atoms with E-state index in [4.69, 9.17) is 4.74 Å². The van der Waals surface area contributed by atoms with Crippen molar-refractivity contribution in [2.75, 3.05) is 29.0 Å². The smallest absolute Gasteiger partial charge is 0.263 e. The molecule has 0 aliphatic carbocycles. The minimum atomic E-state index is -4.17. The average Bonchev–Trinajstić information content (AvgIpc) is 2.97. The summed E-state index contributed by atoms with van der Waals surface area (Å²) in [5.41, 5.74) is 2.48. The van der Waals surface area contributed by atoms with Crippen LogP contribution in [0.3, 0.4) is 0 Å². The third-order valence-electron chi connectivity index (χ3n) is 5.94. The zero-order valence-electron chi connectivity index (χ0n) is 22.4. The molecule has 12 nitrogen and oxygen atoms in total. The Kier molecular flexibility index (Phi) is 9.70. The second kappa shape index (κ2) is 13.6. The number of anilines is 4. The lowest BCUT2D eigenvalue weighted by molar-refractivity contribution is -0.115. The van der Waals surface area contributed by atoms with E-state index in [-0.39, 0.29) is 42.2 Å². The van der Waals surface area contributed by atoms with Crippen LogP contribution in [0.15, 0.2) is 96.0 Å². The fourth-order valence-electron chi connectivity index (χ4n) is 4.01. The van der Waals surface area contributed by atoms with E-state index in [2.05, 4.69) is 35.6 Å². The van der Waals surface area contributed by atoms with E-state index < -0.39 is 10.0 Å². The number of carbonyl (C=O) groups excluding carboxylic acids is 1. The predicted molar refractivity (Wildman–Crippen MR) is 166 cm³/mol. The van der Waals surface area contributed by atoms with E-state index in [0.29, 0.717) is 34.7 Å². The van der Waals surface area contributed by atoms with E-state index in [1.165, 1.54) is 37.4 Å². The van der Waals surface area contributed by atoms with Crippen LogP contribution in [-0.4, -0.2) is 48.0 Å². The quantitative estimate of drug-likeness (QED) is 0.144. The predicted octanol–water partition coefficient (Wildman–Crippen LogP) is 4.65. The molecular weight excluding hydrogens is 570 g/mol. The maximum atomic E-state index is 13.5. The number of nitrogens with zero attached hydrogens (tertiary/aromatic N) is 3. The number of para-hydroxylation sites is 2. The summed E-state index contributed by atoms with van der Waals surface area (Å²) in [6.45, 7) is 0.415. The second-order valence-corrected chi connectivity index (χ2v) is 10.7. The van der Waals surface area contributed by atoms with Crippen molar-refractivity contribution in [3.63, 3.8) is 0 Å². The van der Waals surface area contributed by atoms with Gasteiger partial charge in [0.2, 0.25) is 5.91 Å². The lowest BCUT2D eigenvalue weighted by atomic mass is 10.2. The molecule has 222 valence electrons. The van der Waals surface area contributed by atoms with Gasteiger partial charge in [-0.05, 0) is 42.5 Å². The number of benzene rings is 3. The van der Waals surface area contributed by atoms with Crippen LogP contribution in [-0.2, 0) is 21.4 Å². The number of nitrogens with one attached hydrogen (secondary N) is 4. The molecule has 5 N–H and O–H groups in total. The van der Waals surface area contributed by atoms with Gasteiger partial charge in [-0.1, -0.05) is 31.7 Å². The van der Waals surface area contributed by atoms with Crippen molar-refractivity contribution in [2.24, 2.45) is 0 Å². The molecule has 0 unspecified atom stereocenters. The molecule has 0 saturated heterocycles. The van der Waals surface area contributed by atoms with Crippen molar-refractivity contribution >= 4 is 50.0 Å². The Morgan fingerprint density at radius 3 is 2.35 bits per heavy atom. The fourth-order valence-corrected chi connectivity index (χ4v) is 5.06. The summed E-state index contributed by atoms with van der Waals surface area (Å²) in [5, 5.41) is 18.8. The number of methoxy groups -OCH3 is 1. The number of hydrogen-bond donors (Lipinski definition) is 5. The molecule has 5 aromatic rings. The Labute approximate surface area is 249 Å². The molecule has 0 bridgehead atoms. The van der Waals surface area contributed by atoms with Gasteiger partial charge in [-0.25, -0.2) is 18.4 Å². The van der Waals surface area contributed by atoms with Crippen molar-refractivity contribution in [2.45, 2.75) is 18.9 Å². The molecule has 0 atom stereocenters. The highest BCUT2D eigenvalue weighted by atomic mass is 32.2. The monoisotopic (exact) mass is 601 g/mol. The van der Waals surface area contributed by atoms with Crippen molar-refractivity contribution < 1.29 is 23.1 Å². The summed E-state index contributed by atoms with van der Waals surface area (Å²) in [6, 6.07) is 22.9. The van der Waals surface area contributed by atoms with Gasteiger partial charge in [0.1, 0.15) is 11.5 Å². The molecular formula is C30H31N7O5S. The Balaban J connectivity index is 0.00000423. The molecule has 0 aliphatic rings. The van der Waals surface area contributed by atoms with E-state index >= 15 is 0 Å². The molecule has 0 saturated carbocycles. The number of hydrogen-bond acceptors (Lipinski definition) is 10. The lowest BCUT2D eigenvalue weighted by Gasteiger charge is -2.15. The number of phenolic OH excluding ortho intramolecular Hbond substituents is 1. The first kappa shape index (κ1) is 30.7. The van der Waals surface area contributed by atoms with E-state index in [9.17, 15) is 18.3 Å². The summed E-state index contributed by atoms with van der Waals surface area (Å²) in [7, 11) is -2.71. The molecule has 43 heavy (non-hydrogen) atoms. The fraction of sp³-hybridized carbons (Fsp3) is 0.133. The number of phenols is 1. The lowest BCUT2D eigenvalue weighted by Crippen LogP contribution is -2.28. The zero-order chi connectivity index (χ0) is 29.5. The molecule has 0 fully saturated rings. The maximum Gasteiger partial charge on any atom is 0.263 e. The summed E-state index contributed by atoms with van der Waals surface area (Å²) >= 11 is 0. The van der Waals surface area contributed by atoms with Crippen molar-refractivity contribution in [1.82, 2.24) is 20.3 Å². The van der Waals surface area contributed by atoms with Gasteiger partial charge in [0.25, 0.3) is 10.0 Å². The summed E-state index contributed by atoms with van der Waals surface area (Å²) < 4.78 is 34.6. The number of fused-ring (bicyclic) bond motifs is 1. The van der Waals surface area contributed by atoms with Gasteiger partial charge in [0.15, 0.2) is 11.6 Å². The summed E-state index contributed by atoms with van der Waals surface area (Å²) in [6.07, 6.45) is 1.67. The molecule has 1 amide bonds. The molecule has 0 aliphatic heterocycles. The number of sulfonamides is 1. The van der Waals surface area contributed by atoms with Crippen LogP contribution in [0.4, 0.5) is 23.0 Å². The van der Waals surface area contributed by atoms with E-state index in [0.717, 1.165) is 5.69 Å². The first-order valence-electron chi connectivity index (χ1n) is 12.7. The number of carbonyl (C=O) groups is 1. The second-order valence-electron chi connectivity index (χ2n) is 9.06. The molecule has 2 heterocycles. The Morgan fingerprint density at radius 2 is 1.63 bits per heavy atom. The SMILES string of the molecule is C.COc1cc(O)cc(Nc2nc3ccccc3nc2NS(=O)(=O)c2cccc(NC(=O)CNCc3ccccn3)c2)c1. The van der Waals surface area contributed by atoms with Gasteiger partial charge in [-0.3, -0.25) is 14.5 Å². The number of pyridine rings is 1. The summed E-state index contributed by atoms with van der Waals surface area (Å²) in [4.78, 5) is 25.6. The van der Waals surface area contributed by atoms with Crippen molar-refractivity contribution in [1.29, 1.82) is 0 Å². The highest BCUT2D eigenvalue weighted by molar-refractivity contribution is 7.92. The Hall–Kier alpha value is -5.27. The first-order valence-corrected chi connectivity index (χ1v) is 14.2. The van der Waals surface area contributed by atoms with Crippen LogP contribution >= 0.6 is 0 Å². The minimum Gasteiger partial charge on any atom is -0.508 e. The number of ether oxygens (including phenoxy) is 1. The Bertz CT molecular complexity index is 1840. The zero-order valence-corrected chi connectivity index (χ0v) is 23.2. The van der Waals surface area contributed by atoms with Gasteiger partial charge in [-0.2, -0.15) is 0 Å². The Morgan fingerprint density at radius 1 is 0.884 bits per heavy atom. The van der Waals surface area contributed by atoms with Crippen LogP contribution in [0.2, 0.25) is 0 Å². The number of amides is 1. The van der Waals surface area contributed by atoms with Crippen LogP contribution in [0.5, 0.6) is 11.5 Å². The molecule has 0 spiro atoms. The number of rotatable bonds is 11. The van der Waals surface area contributed by atoms with Crippen LogP contribution in [0.25, 0.3) is 11.0 Å². The van der Waals surface area contributed by atoms with E-state index in [1.807, 2.05) is 18.2 Å². The van der Waals surface area contributed by atoms with Crippen molar-refractivity contribution in [3.05, 3.63) is 96.8 Å². The highest BCUT2D eigenvalue weighted by Crippen LogP contribution is 2.31. The average molecular weight is 602 g/mol. The molecule has 13 heteroatoms. The topological polar surface area (TPSA) is 167 Å². The maximum absolute atomic E-state index is 13.5.